The van der Waals surface area contributed by atoms with Crippen molar-refractivity contribution >= 4 is 0 Å². The van der Waals surface area contributed by atoms with Crippen LogP contribution >= 0.6 is 0 Å². The van der Waals surface area contributed by atoms with Crippen LogP contribution in [-0.4, -0.2) is 13.6 Å². The molecule has 1 N–H and O–H groups in total. The van der Waals surface area contributed by atoms with E-state index in [1.165, 1.54) is 12.8 Å². The van der Waals surface area contributed by atoms with E-state index in [2.05, 4.69) is 31.3 Å². The Hall–Kier alpha value is -0.300. The van der Waals surface area contributed by atoms with Gasteiger partial charge in [-0.15, -0.1) is 0 Å². The molecule has 0 bridgehead atoms. The number of allylic oxidation sites excluding steroid dienone is 1. The van der Waals surface area contributed by atoms with Gasteiger partial charge in [0.05, 0.1) is 0 Å². The molecule has 0 aromatic heterocycles. The van der Waals surface area contributed by atoms with E-state index < -0.39 is 0 Å². The van der Waals surface area contributed by atoms with Crippen LogP contribution < -0.4 is 5.32 Å². The molecule has 0 heterocycles. The lowest BCUT2D eigenvalue weighted by Gasteiger charge is -2.01. The van der Waals surface area contributed by atoms with Gasteiger partial charge in [0.1, 0.15) is 0 Å². The maximum atomic E-state index is 3.12. The molecule has 66 valence electrons. The summed E-state index contributed by atoms with van der Waals surface area (Å²) >= 11 is 0. The SMILES string of the molecule is CCC(C)CC=CCCNC. The van der Waals surface area contributed by atoms with Crippen LogP contribution in [0.3, 0.4) is 0 Å². The minimum Gasteiger partial charge on any atom is -0.319 e. The molecular weight excluding hydrogens is 134 g/mol. The third-order valence-electron chi connectivity index (χ3n) is 1.96. The minimum absolute atomic E-state index is 0.848. The maximum absolute atomic E-state index is 3.12. The van der Waals surface area contributed by atoms with Gasteiger partial charge >= 0.3 is 0 Å². The lowest BCUT2D eigenvalue weighted by molar-refractivity contribution is 0.571. The van der Waals surface area contributed by atoms with Gasteiger partial charge in [0.2, 0.25) is 0 Å². The van der Waals surface area contributed by atoms with E-state index in [-0.39, 0.29) is 0 Å². The van der Waals surface area contributed by atoms with Gasteiger partial charge in [0.25, 0.3) is 0 Å². The Morgan fingerprint density at radius 3 is 2.64 bits per heavy atom. The summed E-state index contributed by atoms with van der Waals surface area (Å²) in [4.78, 5) is 0. The van der Waals surface area contributed by atoms with E-state index in [1.807, 2.05) is 7.05 Å². The van der Waals surface area contributed by atoms with E-state index in [9.17, 15) is 0 Å². The molecule has 0 fully saturated rings. The van der Waals surface area contributed by atoms with Crippen molar-refractivity contribution in [2.75, 3.05) is 13.6 Å². The molecule has 0 aromatic carbocycles. The topological polar surface area (TPSA) is 12.0 Å². The van der Waals surface area contributed by atoms with Crippen LogP contribution in [0.5, 0.6) is 0 Å². The summed E-state index contributed by atoms with van der Waals surface area (Å²) in [6.07, 6.45) is 8.25. The Morgan fingerprint density at radius 1 is 1.36 bits per heavy atom. The van der Waals surface area contributed by atoms with Crippen LogP contribution in [-0.2, 0) is 0 Å². The van der Waals surface area contributed by atoms with Gasteiger partial charge in [-0.1, -0.05) is 32.4 Å². The Labute approximate surface area is 70.9 Å². The van der Waals surface area contributed by atoms with Crippen molar-refractivity contribution in [2.45, 2.75) is 33.1 Å². The Kier molecular flexibility index (Phi) is 7.59. The van der Waals surface area contributed by atoms with Crippen molar-refractivity contribution in [1.82, 2.24) is 5.32 Å². The number of nitrogens with one attached hydrogen (secondary N) is 1. The van der Waals surface area contributed by atoms with E-state index in [0.717, 1.165) is 18.9 Å². The second kappa shape index (κ2) is 7.80. The molecular formula is C10H21N. The third kappa shape index (κ3) is 7.60. The summed E-state index contributed by atoms with van der Waals surface area (Å²) < 4.78 is 0. The normalized spacial score (nSPS) is 14.1. The highest BCUT2D eigenvalue weighted by molar-refractivity contribution is 4.83. The zero-order chi connectivity index (χ0) is 8.53. The van der Waals surface area contributed by atoms with Gasteiger partial charge in [0.15, 0.2) is 0 Å². The van der Waals surface area contributed by atoms with Gasteiger partial charge in [0, 0.05) is 0 Å². The zero-order valence-electron chi connectivity index (χ0n) is 8.06. The quantitative estimate of drug-likeness (QED) is 0.459. The van der Waals surface area contributed by atoms with Gasteiger partial charge < -0.3 is 5.32 Å². The van der Waals surface area contributed by atoms with E-state index >= 15 is 0 Å². The van der Waals surface area contributed by atoms with Crippen LogP contribution in [0, 0.1) is 5.92 Å². The van der Waals surface area contributed by atoms with E-state index in [4.69, 9.17) is 0 Å². The molecule has 0 aliphatic heterocycles. The fraction of sp³-hybridized carbons (Fsp3) is 0.800. The highest BCUT2D eigenvalue weighted by Gasteiger charge is 1.92. The standard InChI is InChI=1S/C10H21N/c1-4-10(2)8-6-5-7-9-11-3/h5-6,10-11H,4,7-9H2,1-3H3. The number of hydrogen-bond acceptors (Lipinski definition) is 1. The highest BCUT2D eigenvalue weighted by Crippen LogP contribution is 2.06. The smallest absolute Gasteiger partial charge is 0.00173 e. The highest BCUT2D eigenvalue weighted by atomic mass is 14.8. The fourth-order valence-corrected chi connectivity index (χ4v) is 0.841. The van der Waals surface area contributed by atoms with Gasteiger partial charge in [-0.25, -0.2) is 0 Å². The third-order valence-corrected chi connectivity index (χ3v) is 1.96. The molecule has 1 atom stereocenters. The van der Waals surface area contributed by atoms with Crippen LogP contribution in [0.15, 0.2) is 12.2 Å². The molecule has 0 radical (unpaired) electrons. The Balaban J connectivity index is 3.15. The van der Waals surface area contributed by atoms with E-state index in [1.54, 1.807) is 0 Å². The Bertz CT molecular complexity index is 97.0. The molecule has 11 heavy (non-hydrogen) atoms. The van der Waals surface area contributed by atoms with Crippen molar-refractivity contribution in [2.24, 2.45) is 5.92 Å². The van der Waals surface area contributed by atoms with Crippen LogP contribution in [0.2, 0.25) is 0 Å². The first-order valence-electron chi connectivity index (χ1n) is 4.60. The van der Waals surface area contributed by atoms with Crippen molar-refractivity contribution in [3.8, 4) is 0 Å². The van der Waals surface area contributed by atoms with Gasteiger partial charge in [-0.2, -0.15) is 0 Å². The lowest BCUT2D eigenvalue weighted by atomic mass is 10.1. The fourth-order valence-electron chi connectivity index (χ4n) is 0.841. The number of rotatable bonds is 6. The van der Waals surface area contributed by atoms with Crippen molar-refractivity contribution in [3.63, 3.8) is 0 Å². The van der Waals surface area contributed by atoms with Gasteiger partial charge in [-0.3, -0.25) is 0 Å². The summed E-state index contributed by atoms with van der Waals surface area (Å²) in [5.41, 5.74) is 0. The zero-order valence-corrected chi connectivity index (χ0v) is 8.06. The molecule has 0 amide bonds. The van der Waals surface area contributed by atoms with Crippen LogP contribution in [0.1, 0.15) is 33.1 Å². The molecule has 0 rings (SSSR count). The summed E-state index contributed by atoms with van der Waals surface area (Å²) in [5.74, 6) is 0.848. The molecule has 0 saturated heterocycles. The van der Waals surface area contributed by atoms with Crippen molar-refractivity contribution in [1.29, 1.82) is 0 Å². The molecule has 0 saturated carbocycles. The molecule has 0 aliphatic carbocycles. The molecule has 1 heteroatoms. The molecule has 1 unspecified atom stereocenters. The average Bonchev–Trinajstić information content (AvgIpc) is 2.04. The first kappa shape index (κ1) is 10.7. The summed E-state index contributed by atoms with van der Waals surface area (Å²) in [6, 6.07) is 0. The maximum Gasteiger partial charge on any atom is -0.00173 e. The van der Waals surface area contributed by atoms with Crippen LogP contribution in [0.4, 0.5) is 0 Å². The molecule has 1 nitrogen and oxygen atoms in total. The monoisotopic (exact) mass is 155 g/mol. The second-order valence-corrected chi connectivity index (χ2v) is 3.11. The largest absolute Gasteiger partial charge is 0.319 e. The van der Waals surface area contributed by atoms with Crippen LogP contribution in [0.25, 0.3) is 0 Å². The summed E-state index contributed by atoms with van der Waals surface area (Å²) in [5, 5.41) is 3.12. The van der Waals surface area contributed by atoms with Crippen molar-refractivity contribution < 1.29 is 0 Å². The van der Waals surface area contributed by atoms with Crippen molar-refractivity contribution in [3.05, 3.63) is 12.2 Å². The first-order chi connectivity index (χ1) is 5.31. The number of hydrogen-bond donors (Lipinski definition) is 1. The molecule has 0 aromatic rings. The lowest BCUT2D eigenvalue weighted by Crippen LogP contribution is -2.05. The predicted molar refractivity (Wildman–Crippen MR) is 51.8 cm³/mol. The summed E-state index contributed by atoms with van der Waals surface area (Å²) in [6.45, 7) is 5.63. The molecule has 0 spiro atoms. The Morgan fingerprint density at radius 2 is 2.09 bits per heavy atom. The second-order valence-electron chi connectivity index (χ2n) is 3.11. The summed E-state index contributed by atoms with van der Waals surface area (Å²) in [7, 11) is 1.99. The molecule has 0 aliphatic rings. The minimum atomic E-state index is 0.848. The van der Waals surface area contributed by atoms with Gasteiger partial charge in [-0.05, 0) is 32.4 Å². The van der Waals surface area contributed by atoms with E-state index in [0.29, 0.717) is 0 Å². The average molecular weight is 155 g/mol. The first-order valence-corrected chi connectivity index (χ1v) is 4.60. The predicted octanol–water partition coefficient (Wildman–Crippen LogP) is 2.59.